The van der Waals surface area contributed by atoms with E-state index in [-0.39, 0.29) is 43.1 Å². The number of carboxylic acids is 4. The van der Waals surface area contributed by atoms with Crippen molar-refractivity contribution in [2.45, 2.75) is 65.5 Å². The molecule has 11 heteroatoms. The fraction of sp³-hybridized carbons (Fsp3) is 0.714. The van der Waals surface area contributed by atoms with Gasteiger partial charge in [0, 0.05) is 39.8 Å². The third kappa shape index (κ3) is 103. The van der Waals surface area contributed by atoms with E-state index in [0.29, 0.717) is 0 Å². The predicted octanol–water partition coefficient (Wildman–Crippen LogP) is -2.30. The number of aliphatic carboxylic acids is 4. The zero-order valence-corrected chi connectivity index (χ0v) is 17.6. The van der Waals surface area contributed by atoms with Crippen molar-refractivity contribution in [3.63, 3.8) is 0 Å². The van der Waals surface area contributed by atoms with Gasteiger partial charge in [0.1, 0.15) is 0 Å². The predicted molar refractivity (Wildman–Crippen MR) is 88.8 cm³/mol. The number of hydrogen-bond acceptors (Lipinski definition) is 6. The molecule has 1 saturated carbocycles. The zero-order valence-electron chi connectivity index (χ0n) is 16.6. The van der Waals surface area contributed by atoms with Crippen LogP contribution >= 0.6 is 0 Å². The minimum atomic E-state index is -0.833. The molecule has 0 aromatic carbocycles. The van der Waals surface area contributed by atoms with E-state index >= 15 is 0 Å². The molecule has 0 amide bonds. The maximum absolute atomic E-state index is 9.00. The van der Waals surface area contributed by atoms with Gasteiger partial charge in [-0.1, -0.05) is 12.8 Å². The molecule has 0 radical (unpaired) electrons. The minimum absolute atomic E-state index is 0. The molecule has 25 heavy (non-hydrogen) atoms. The minimum Gasteiger partial charge on any atom is -1.00 e. The fourth-order valence-electron chi connectivity index (χ4n) is 1.19. The van der Waals surface area contributed by atoms with Crippen LogP contribution in [0.3, 0.4) is 0 Å². The van der Waals surface area contributed by atoms with E-state index in [0.717, 1.165) is 40.5 Å². The van der Waals surface area contributed by atoms with Gasteiger partial charge in [0.15, 0.2) is 0 Å². The fourth-order valence-corrected chi connectivity index (χ4v) is 1.19. The van der Waals surface area contributed by atoms with Gasteiger partial charge in [-0.3, -0.25) is 19.2 Å². The molecule has 2 atom stereocenters. The van der Waals surface area contributed by atoms with Crippen molar-refractivity contribution in [1.29, 1.82) is 0 Å². The number of carboxylic acid groups (broad SMARTS) is 4. The first-order valence-corrected chi connectivity index (χ1v) is 7.03. The Morgan fingerprint density at radius 1 is 0.680 bits per heavy atom. The molecule has 1 rings (SSSR count). The van der Waals surface area contributed by atoms with Crippen LogP contribution in [0, 0.1) is 0 Å². The molecular weight excluding hydrogens is 347 g/mol. The van der Waals surface area contributed by atoms with Crippen molar-refractivity contribution >= 4 is 23.9 Å². The molecule has 0 bridgehead atoms. The molecule has 0 spiro atoms. The van der Waals surface area contributed by atoms with Gasteiger partial charge in [0.05, 0.1) is 0 Å². The molecule has 0 heterocycles. The molecule has 1 aliphatic carbocycles. The van der Waals surface area contributed by atoms with E-state index in [1.807, 2.05) is 0 Å². The summed E-state index contributed by atoms with van der Waals surface area (Å²) in [7, 11) is 0. The quantitative estimate of drug-likeness (QED) is 0.249. The van der Waals surface area contributed by atoms with Gasteiger partial charge < -0.3 is 33.3 Å². The molecule has 10 nitrogen and oxygen atoms in total. The van der Waals surface area contributed by atoms with Gasteiger partial charge in [-0.05, 0) is 12.8 Å². The normalized spacial score (nSPS) is 16.7. The van der Waals surface area contributed by atoms with Crippen molar-refractivity contribution in [1.82, 2.24) is 0 Å². The van der Waals surface area contributed by atoms with Gasteiger partial charge in [-0.2, -0.15) is 0 Å². The maximum atomic E-state index is 9.00. The second-order valence-corrected chi connectivity index (χ2v) is 4.69. The second-order valence-electron chi connectivity index (χ2n) is 4.69. The topological polar surface area (TPSA) is 201 Å². The first-order valence-electron chi connectivity index (χ1n) is 7.03. The van der Waals surface area contributed by atoms with Crippen LogP contribution in [-0.4, -0.2) is 56.4 Å². The van der Waals surface area contributed by atoms with Gasteiger partial charge in [-0.15, -0.1) is 0 Å². The summed E-state index contributed by atoms with van der Waals surface area (Å²) in [4.78, 5) is 36.0. The molecule has 0 aromatic heterocycles. The summed E-state index contributed by atoms with van der Waals surface area (Å²) in [5.74, 6) is -3.33. The van der Waals surface area contributed by atoms with Crippen LogP contribution in [0.5, 0.6) is 0 Å². The second kappa shape index (κ2) is 25.0. The number of rotatable bonds is 0. The molecule has 1 fully saturated rings. The summed E-state index contributed by atoms with van der Waals surface area (Å²) in [5.41, 5.74) is 11.3. The van der Waals surface area contributed by atoms with Gasteiger partial charge >= 0.3 is 29.6 Å². The van der Waals surface area contributed by atoms with E-state index in [1.54, 1.807) is 0 Å². The van der Waals surface area contributed by atoms with Crippen LogP contribution in [0.4, 0.5) is 0 Å². The Hall–Kier alpha value is -1.20. The third-order valence-electron chi connectivity index (χ3n) is 1.87. The molecular formula is C14H31N2NaO8. The van der Waals surface area contributed by atoms with Gasteiger partial charge in [-0.25, -0.2) is 0 Å². The summed E-state index contributed by atoms with van der Waals surface area (Å²) in [6, 6.07) is 0.562. The summed E-state index contributed by atoms with van der Waals surface area (Å²) in [5, 5.41) is 29.7. The van der Waals surface area contributed by atoms with E-state index < -0.39 is 23.9 Å². The number of hydrogen-bond donors (Lipinski definition) is 6. The Bertz CT molecular complexity index is 299. The number of nitrogens with two attached hydrogens (primary N) is 2. The van der Waals surface area contributed by atoms with Crippen molar-refractivity contribution < 1.29 is 70.6 Å². The molecule has 0 aliphatic heterocycles. The Balaban J connectivity index is -0.0000000495. The summed E-state index contributed by atoms with van der Waals surface area (Å²) >= 11 is 0. The van der Waals surface area contributed by atoms with Crippen LogP contribution in [-0.2, 0) is 19.2 Å². The standard InChI is InChI=1S/C6H14N2.4C2H4O2.Na.H/c7-5-3-1-2-4-6(5)8;4*1-2(3)4;;/h5-6H,1-4,7-8H2;4*1H3,(H,3,4);;/q;;;;;+1;-1. The van der Waals surface area contributed by atoms with Crippen molar-refractivity contribution in [3.05, 3.63) is 0 Å². The Kier molecular flexibility index (Phi) is 35.1. The van der Waals surface area contributed by atoms with Crippen molar-refractivity contribution in [2.24, 2.45) is 11.5 Å². The van der Waals surface area contributed by atoms with Crippen LogP contribution in [0.25, 0.3) is 0 Å². The summed E-state index contributed by atoms with van der Waals surface area (Å²) < 4.78 is 0. The van der Waals surface area contributed by atoms with Crippen LogP contribution in [0.15, 0.2) is 0 Å². The Labute approximate surface area is 171 Å². The average molecular weight is 378 g/mol. The molecule has 8 N–H and O–H groups in total. The number of carbonyl (C=O) groups is 4. The van der Waals surface area contributed by atoms with E-state index in [9.17, 15) is 0 Å². The molecule has 0 aromatic rings. The van der Waals surface area contributed by atoms with E-state index in [4.69, 9.17) is 51.1 Å². The average Bonchev–Trinajstić information content (AvgIpc) is 2.30. The Morgan fingerprint density at radius 3 is 0.880 bits per heavy atom. The SMILES string of the molecule is CC(=O)O.CC(=O)O.CC(=O)O.CC(=O)O.NC1CCCCC1N.[H-].[Na+]. The Morgan fingerprint density at radius 2 is 0.800 bits per heavy atom. The van der Waals surface area contributed by atoms with E-state index in [2.05, 4.69) is 0 Å². The van der Waals surface area contributed by atoms with Crippen LogP contribution in [0.2, 0.25) is 0 Å². The summed E-state index contributed by atoms with van der Waals surface area (Å²) in [6.07, 6.45) is 4.80. The van der Waals surface area contributed by atoms with Crippen LogP contribution < -0.4 is 41.0 Å². The van der Waals surface area contributed by atoms with Crippen LogP contribution in [0.1, 0.15) is 54.8 Å². The van der Waals surface area contributed by atoms with E-state index in [1.165, 1.54) is 12.8 Å². The molecule has 2 unspecified atom stereocenters. The molecule has 0 saturated heterocycles. The first kappa shape index (κ1) is 35.0. The zero-order chi connectivity index (χ0) is 20.3. The molecule has 146 valence electrons. The molecule has 1 aliphatic rings. The van der Waals surface area contributed by atoms with Gasteiger partial charge in [0.2, 0.25) is 0 Å². The monoisotopic (exact) mass is 378 g/mol. The first-order chi connectivity index (χ1) is 10.7. The maximum Gasteiger partial charge on any atom is 1.00 e. The summed E-state index contributed by atoms with van der Waals surface area (Å²) in [6.45, 7) is 4.33. The van der Waals surface area contributed by atoms with Gasteiger partial charge in [0.25, 0.3) is 23.9 Å². The third-order valence-corrected chi connectivity index (χ3v) is 1.87. The van der Waals surface area contributed by atoms with Crippen molar-refractivity contribution in [3.8, 4) is 0 Å². The smallest absolute Gasteiger partial charge is 1.00 e. The largest absolute Gasteiger partial charge is 1.00 e. The van der Waals surface area contributed by atoms with Crippen molar-refractivity contribution in [2.75, 3.05) is 0 Å².